The van der Waals surface area contributed by atoms with Crippen LogP contribution in [0.5, 0.6) is 0 Å². The van der Waals surface area contributed by atoms with Crippen molar-refractivity contribution >= 4 is 22.8 Å². The van der Waals surface area contributed by atoms with Gasteiger partial charge in [-0.25, -0.2) is 4.79 Å². The van der Waals surface area contributed by atoms with Crippen LogP contribution < -0.4 is 0 Å². The molecule has 0 saturated heterocycles. The van der Waals surface area contributed by atoms with E-state index in [1.807, 2.05) is 18.2 Å². The smallest absolute Gasteiger partial charge is 0.340 e. The van der Waals surface area contributed by atoms with Crippen molar-refractivity contribution in [3.05, 3.63) is 36.0 Å². The molecular weight excluding hydrogens is 290 g/mol. The predicted molar refractivity (Wildman–Crippen MR) is 91.9 cm³/mol. The van der Waals surface area contributed by atoms with Crippen LogP contribution in [0.15, 0.2) is 30.5 Å². The zero-order valence-electron chi connectivity index (χ0n) is 14.0. The van der Waals surface area contributed by atoms with Gasteiger partial charge in [-0.05, 0) is 18.6 Å². The number of unbranched alkanes of at least 4 members (excludes halogenated alkanes) is 5. The molecule has 0 amide bonds. The Kier molecular flexibility index (Phi) is 6.39. The standard InChI is InChI=1S/C19H25NO3/c1-3-4-5-6-7-8-14-23-19(22)17-11-9-10-16-12-13-20(15(2)21)18(16)17/h9-13H,3-8,14H2,1-2H3. The van der Waals surface area contributed by atoms with Crippen molar-refractivity contribution < 1.29 is 14.3 Å². The highest BCUT2D eigenvalue weighted by molar-refractivity contribution is 6.06. The first-order chi connectivity index (χ1) is 11.1. The van der Waals surface area contributed by atoms with E-state index in [1.54, 1.807) is 12.3 Å². The lowest BCUT2D eigenvalue weighted by Gasteiger charge is -2.08. The van der Waals surface area contributed by atoms with E-state index in [9.17, 15) is 9.59 Å². The molecule has 0 unspecified atom stereocenters. The molecule has 0 spiro atoms. The zero-order valence-corrected chi connectivity index (χ0v) is 14.0. The summed E-state index contributed by atoms with van der Waals surface area (Å²) in [5, 5.41) is 0.870. The molecule has 4 heteroatoms. The Morgan fingerprint density at radius 1 is 1.04 bits per heavy atom. The number of hydrogen-bond acceptors (Lipinski definition) is 3. The molecular formula is C19H25NO3. The van der Waals surface area contributed by atoms with Crippen molar-refractivity contribution in [2.75, 3.05) is 6.61 Å². The van der Waals surface area contributed by atoms with Crippen LogP contribution in [0, 0.1) is 0 Å². The Balaban J connectivity index is 1.96. The Bertz CT molecular complexity index is 672. The first kappa shape index (κ1) is 17.3. The van der Waals surface area contributed by atoms with Gasteiger partial charge in [0.25, 0.3) is 0 Å². The summed E-state index contributed by atoms with van der Waals surface area (Å²) in [6, 6.07) is 7.25. The third kappa shape index (κ3) is 4.44. The fraction of sp³-hybridized carbons (Fsp3) is 0.474. The summed E-state index contributed by atoms with van der Waals surface area (Å²) in [4.78, 5) is 24.0. The van der Waals surface area contributed by atoms with Crippen LogP contribution in [0.4, 0.5) is 0 Å². The molecule has 0 atom stereocenters. The summed E-state index contributed by atoms with van der Waals surface area (Å²) in [6.07, 6.45) is 8.60. The molecule has 0 bridgehead atoms. The molecule has 0 radical (unpaired) electrons. The van der Waals surface area contributed by atoms with Gasteiger partial charge in [0, 0.05) is 18.5 Å². The van der Waals surface area contributed by atoms with Gasteiger partial charge in [0.1, 0.15) is 0 Å². The van der Waals surface area contributed by atoms with Crippen molar-refractivity contribution in [3.8, 4) is 0 Å². The molecule has 2 aromatic rings. The average molecular weight is 315 g/mol. The molecule has 2 rings (SSSR count). The van der Waals surface area contributed by atoms with E-state index < -0.39 is 0 Å². The number of para-hydroxylation sites is 1. The molecule has 0 N–H and O–H groups in total. The second kappa shape index (κ2) is 8.51. The number of hydrogen-bond donors (Lipinski definition) is 0. The Hall–Kier alpha value is -2.10. The largest absolute Gasteiger partial charge is 0.462 e. The minimum absolute atomic E-state index is 0.115. The van der Waals surface area contributed by atoms with Gasteiger partial charge in [-0.2, -0.15) is 0 Å². The number of fused-ring (bicyclic) bond motifs is 1. The molecule has 0 aliphatic carbocycles. The molecule has 0 fully saturated rings. The van der Waals surface area contributed by atoms with Crippen molar-refractivity contribution in [1.82, 2.24) is 4.57 Å². The van der Waals surface area contributed by atoms with Crippen molar-refractivity contribution in [3.63, 3.8) is 0 Å². The van der Waals surface area contributed by atoms with E-state index in [0.29, 0.717) is 17.7 Å². The Labute approximate surface area is 137 Å². The third-order valence-electron chi connectivity index (χ3n) is 4.00. The number of ether oxygens (including phenoxy) is 1. The van der Waals surface area contributed by atoms with E-state index in [-0.39, 0.29) is 11.9 Å². The van der Waals surface area contributed by atoms with Crippen LogP contribution in [0.2, 0.25) is 0 Å². The highest BCUT2D eigenvalue weighted by atomic mass is 16.5. The summed E-state index contributed by atoms with van der Waals surface area (Å²) in [5.74, 6) is -0.471. The fourth-order valence-corrected chi connectivity index (χ4v) is 2.75. The normalized spacial score (nSPS) is 10.9. The first-order valence-corrected chi connectivity index (χ1v) is 8.43. The maximum atomic E-state index is 12.3. The SMILES string of the molecule is CCCCCCCCOC(=O)c1cccc2ccn(C(C)=O)c12. The highest BCUT2D eigenvalue weighted by Crippen LogP contribution is 2.21. The number of carbonyl (C=O) groups is 2. The van der Waals surface area contributed by atoms with E-state index >= 15 is 0 Å². The highest BCUT2D eigenvalue weighted by Gasteiger charge is 2.16. The van der Waals surface area contributed by atoms with E-state index in [2.05, 4.69) is 6.92 Å². The van der Waals surface area contributed by atoms with E-state index in [0.717, 1.165) is 18.2 Å². The predicted octanol–water partition coefficient (Wildman–Crippen LogP) is 4.82. The summed E-state index contributed by atoms with van der Waals surface area (Å²) in [7, 11) is 0. The van der Waals surface area contributed by atoms with Crippen LogP contribution in [-0.2, 0) is 4.74 Å². The van der Waals surface area contributed by atoms with Gasteiger partial charge < -0.3 is 4.74 Å². The minimum Gasteiger partial charge on any atom is -0.462 e. The molecule has 0 aliphatic heterocycles. The van der Waals surface area contributed by atoms with E-state index in [4.69, 9.17) is 4.74 Å². The van der Waals surface area contributed by atoms with Crippen LogP contribution in [0.3, 0.4) is 0 Å². The second-order valence-corrected chi connectivity index (χ2v) is 5.85. The third-order valence-corrected chi connectivity index (χ3v) is 4.00. The number of carbonyl (C=O) groups excluding carboxylic acids is 2. The fourth-order valence-electron chi connectivity index (χ4n) is 2.75. The van der Waals surface area contributed by atoms with Crippen LogP contribution in [0.25, 0.3) is 10.9 Å². The van der Waals surface area contributed by atoms with Crippen molar-refractivity contribution in [2.45, 2.75) is 52.4 Å². The maximum Gasteiger partial charge on any atom is 0.340 e. The van der Waals surface area contributed by atoms with Gasteiger partial charge in [-0.3, -0.25) is 9.36 Å². The Morgan fingerprint density at radius 3 is 2.52 bits per heavy atom. The lowest BCUT2D eigenvalue weighted by atomic mass is 10.1. The first-order valence-electron chi connectivity index (χ1n) is 8.43. The number of esters is 1. The molecule has 0 aliphatic rings. The molecule has 0 saturated carbocycles. The topological polar surface area (TPSA) is 48.3 Å². The van der Waals surface area contributed by atoms with Crippen LogP contribution in [-0.4, -0.2) is 23.1 Å². The van der Waals surface area contributed by atoms with Crippen molar-refractivity contribution in [1.29, 1.82) is 0 Å². The van der Waals surface area contributed by atoms with Crippen LogP contribution >= 0.6 is 0 Å². The quantitative estimate of drug-likeness (QED) is 0.518. The zero-order chi connectivity index (χ0) is 16.7. The van der Waals surface area contributed by atoms with Gasteiger partial charge in [-0.15, -0.1) is 0 Å². The molecule has 1 heterocycles. The minimum atomic E-state index is -0.356. The number of rotatable bonds is 8. The molecule has 1 aromatic heterocycles. The average Bonchev–Trinajstić information content (AvgIpc) is 2.98. The van der Waals surface area contributed by atoms with Gasteiger partial charge in [0.05, 0.1) is 17.7 Å². The summed E-state index contributed by atoms with van der Waals surface area (Å²) in [5.41, 5.74) is 1.08. The number of benzene rings is 1. The molecule has 23 heavy (non-hydrogen) atoms. The van der Waals surface area contributed by atoms with Gasteiger partial charge in [-0.1, -0.05) is 51.2 Å². The Morgan fingerprint density at radius 2 is 1.78 bits per heavy atom. The summed E-state index contributed by atoms with van der Waals surface area (Å²) >= 11 is 0. The monoisotopic (exact) mass is 315 g/mol. The van der Waals surface area contributed by atoms with Crippen LogP contribution in [0.1, 0.15) is 67.5 Å². The van der Waals surface area contributed by atoms with Crippen molar-refractivity contribution in [2.24, 2.45) is 0 Å². The van der Waals surface area contributed by atoms with E-state index in [1.165, 1.54) is 37.2 Å². The lowest BCUT2D eigenvalue weighted by Crippen LogP contribution is -2.11. The van der Waals surface area contributed by atoms with Gasteiger partial charge >= 0.3 is 5.97 Å². The second-order valence-electron chi connectivity index (χ2n) is 5.85. The molecule has 4 nitrogen and oxygen atoms in total. The molecule has 124 valence electrons. The lowest BCUT2D eigenvalue weighted by molar-refractivity contribution is 0.0499. The summed E-state index contributed by atoms with van der Waals surface area (Å²) in [6.45, 7) is 4.11. The number of nitrogens with zero attached hydrogens (tertiary/aromatic N) is 1. The molecule has 1 aromatic carbocycles. The van der Waals surface area contributed by atoms with Gasteiger partial charge in [0.2, 0.25) is 5.91 Å². The number of aromatic nitrogens is 1. The summed E-state index contributed by atoms with van der Waals surface area (Å²) < 4.78 is 6.88. The van der Waals surface area contributed by atoms with Gasteiger partial charge in [0.15, 0.2) is 0 Å². The maximum absolute atomic E-state index is 12.3.